The highest BCUT2D eigenvalue weighted by molar-refractivity contribution is 7.92. The van der Waals surface area contributed by atoms with E-state index in [0.717, 1.165) is 0 Å². The average molecular weight is 332 g/mol. The second-order valence-corrected chi connectivity index (χ2v) is 6.60. The van der Waals surface area contributed by atoms with Crippen molar-refractivity contribution in [2.75, 3.05) is 4.72 Å². The molecule has 0 fully saturated rings. The molecule has 0 aliphatic rings. The van der Waals surface area contributed by atoms with Crippen LogP contribution in [0.2, 0.25) is 0 Å². The molecule has 1 aromatic heterocycles. The normalized spacial score (nSPS) is 11.5. The average Bonchev–Trinajstić information content (AvgIpc) is 2.86. The summed E-state index contributed by atoms with van der Waals surface area (Å²) in [6.07, 6.45) is 0. The highest BCUT2D eigenvalue weighted by Crippen LogP contribution is 2.20. The Morgan fingerprint density at radius 2 is 1.96 bits per heavy atom. The molecular weight excluding hydrogens is 320 g/mol. The number of hydrogen-bond acceptors (Lipinski definition) is 5. The monoisotopic (exact) mass is 332 g/mol. The topological polar surface area (TPSA) is 109 Å². The Morgan fingerprint density at radius 1 is 1.17 bits per heavy atom. The van der Waals surface area contributed by atoms with E-state index in [4.69, 9.17) is 4.42 Å². The lowest BCUT2D eigenvalue weighted by atomic mass is 10.1. The number of hydrogen-bond donors (Lipinski definition) is 2. The van der Waals surface area contributed by atoms with E-state index >= 15 is 0 Å². The Bertz CT molecular complexity index is 1060. The zero-order valence-corrected chi connectivity index (χ0v) is 12.8. The molecule has 2 aromatic carbocycles. The summed E-state index contributed by atoms with van der Waals surface area (Å²) in [4.78, 5) is 24.9. The van der Waals surface area contributed by atoms with Crippen molar-refractivity contribution in [3.63, 3.8) is 0 Å². The molecular formula is C15H12N2O5S. The first-order valence-corrected chi connectivity index (χ1v) is 8.10. The number of ketones is 1. The lowest BCUT2D eigenvalue weighted by Crippen LogP contribution is -2.13. The van der Waals surface area contributed by atoms with Crippen molar-refractivity contribution in [1.82, 2.24) is 4.98 Å². The van der Waals surface area contributed by atoms with Crippen LogP contribution in [-0.4, -0.2) is 19.2 Å². The second kappa shape index (κ2) is 5.40. The van der Waals surface area contributed by atoms with E-state index < -0.39 is 15.8 Å². The fourth-order valence-electron chi connectivity index (χ4n) is 2.11. The van der Waals surface area contributed by atoms with Gasteiger partial charge in [-0.3, -0.25) is 14.5 Å². The molecule has 1 heterocycles. The van der Waals surface area contributed by atoms with E-state index in [1.165, 1.54) is 31.2 Å². The van der Waals surface area contributed by atoms with Crippen LogP contribution in [0.15, 0.2) is 56.6 Å². The number of aromatic amines is 1. The van der Waals surface area contributed by atoms with Gasteiger partial charge in [0.25, 0.3) is 10.0 Å². The molecule has 0 saturated carbocycles. The molecule has 8 heteroatoms. The van der Waals surface area contributed by atoms with Gasteiger partial charge < -0.3 is 4.42 Å². The molecule has 0 spiro atoms. The molecule has 3 aromatic rings. The van der Waals surface area contributed by atoms with Gasteiger partial charge in [0, 0.05) is 17.3 Å². The summed E-state index contributed by atoms with van der Waals surface area (Å²) in [6, 6.07) is 10.2. The van der Waals surface area contributed by atoms with Crippen LogP contribution < -0.4 is 10.5 Å². The number of Topliss-reactive ketones (excluding diaryl/α,β-unsaturated/α-hetero) is 1. The van der Waals surface area contributed by atoms with Gasteiger partial charge in [0.1, 0.15) is 0 Å². The number of fused-ring (bicyclic) bond motifs is 1. The first kappa shape index (κ1) is 15.0. The van der Waals surface area contributed by atoms with E-state index in [9.17, 15) is 18.0 Å². The van der Waals surface area contributed by atoms with Gasteiger partial charge in [0.15, 0.2) is 11.4 Å². The largest absolute Gasteiger partial charge is 0.417 e. The van der Waals surface area contributed by atoms with E-state index in [0.29, 0.717) is 11.1 Å². The first-order valence-electron chi connectivity index (χ1n) is 6.62. The number of rotatable bonds is 4. The molecule has 0 saturated heterocycles. The summed E-state index contributed by atoms with van der Waals surface area (Å²) in [5.41, 5.74) is 1.23. The van der Waals surface area contributed by atoms with Crippen molar-refractivity contribution in [2.45, 2.75) is 11.8 Å². The molecule has 0 radical (unpaired) electrons. The summed E-state index contributed by atoms with van der Waals surface area (Å²) in [5, 5.41) is 0. The van der Waals surface area contributed by atoms with Gasteiger partial charge in [-0.15, -0.1) is 0 Å². The number of aromatic nitrogens is 1. The zero-order chi connectivity index (χ0) is 16.6. The third-order valence-corrected chi connectivity index (χ3v) is 4.60. The molecule has 0 amide bonds. The Balaban J connectivity index is 1.98. The number of benzene rings is 2. The molecule has 7 nitrogen and oxygen atoms in total. The fourth-order valence-corrected chi connectivity index (χ4v) is 3.17. The van der Waals surface area contributed by atoms with Gasteiger partial charge in [0.05, 0.1) is 10.4 Å². The predicted octanol–water partition coefficient (Wildman–Crippen LogP) is 2.12. The Morgan fingerprint density at radius 3 is 2.70 bits per heavy atom. The Kier molecular flexibility index (Phi) is 3.53. The highest BCUT2D eigenvalue weighted by atomic mass is 32.2. The standard InChI is InChI=1S/C15H12N2O5S/c1-9(18)10-3-2-4-11(7-10)17-23(20,21)12-5-6-13-14(8-12)22-15(19)16-13/h2-8,17H,1H3,(H,16,19). The summed E-state index contributed by atoms with van der Waals surface area (Å²) >= 11 is 0. The number of sulfonamides is 1. The molecule has 0 unspecified atom stereocenters. The minimum Gasteiger partial charge on any atom is -0.408 e. The van der Waals surface area contributed by atoms with Crippen molar-refractivity contribution < 1.29 is 17.6 Å². The Labute approximate surface area is 131 Å². The van der Waals surface area contributed by atoms with Crippen LogP contribution in [0.4, 0.5) is 5.69 Å². The molecule has 0 bridgehead atoms. The number of anilines is 1. The smallest absolute Gasteiger partial charge is 0.408 e. The Hall–Kier alpha value is -2.87. The van der Waals surface area contributed by atoms with Gasteiger partial charge >= 0.3 is 5.76 Å². The molecule has 23 heavy (non-hydrogen) atoms. The molecule has 0 atom stereocenters. The van der Waals surface area contributed by atoms with Gasteiger partial charge in [-0.25, -0.2) is 13.2 Å². The van der Waals surface area contributed by atoms with Gasteiger partial charge in [0.2, 0.25) is 0 Å². The van der Waals surface area contributed by atoms with Crippen LogP contribution in [0.1, 0.15) is 17.3 Å². The first-order chi connectivity index (χ1) is 10.8. The maximum Gasteiger partial charge on any atom is 0.417 e. The van der Waals surface area contributed by atoms with Crippen LogP contribution >= 0.6 is 0 Å². The van der Waals surface area contributed by atoms with E-state index in [1.54, 1.807) is 18.2 Å². The number of carbonyl (C=O) groups is 1. The van der Waals surface area contributed by atoms with Gasteiger partial charge in [-0.2, -0.15) is 0 Å². The number of carbonyl (C=O) groups excluding carboxylic acids is 1. The van der Waals surface area contributed by atoms with Crippen LogP contribution in [0.3, 0.4) is 0 Å². The second-order valence-electron chi connectivity index (χ2n) is 4.91. The number of H-pyrrole nitrogens is 1. The maximum absolute atomic E-state index is 12.4. The minimum atomic E-state index is -3.88. The van der Waals surface area contributed by atoms with Gasteiger partial charge in [-0.05, 0) is 31.2 Å². The summed E-state index contributed by atoms with van der Waals surface area (Å²) in [6.45, 7) is 1.40. The molecule has 118 valence electrons. The van der Waals surface area contributed by atoms with Gasteiger partial charge in [-0.1, -0.05) is 12.1 Å². The summed E-state index contributed by atoms with van der Waals surface area (Å²) < 4.78 is 32.1. The minimum absolute atomic E-state index is 0.0546. The SMILES string of the molecule is CC(=O)c1cccc(NS(=O)(=O)c2ccc3[nH]c(=O)oc3c2)c1. The third-order valence-electron chi connectivity index (χ3n) is 3.22. The number of oxazole rings is 1. The van der Waals surface area contributed by atoms with Crippen molar-refractivity contribution >= 4 is 32.6 Å². The van der Waals surface area contributed by atoms with Crippen molar-refractivity contribution in [2.24, 2.45) is 0 Å². The van der Waals surface area contributed by atoms with Crippen LogP contribution in [0.25, 0.3) is 11.1 Å². The maximum atomic E-state index is 12.4. The molecule has 0 aliphatic heterocycles. The van der Waals surface area contributed by atoms with E-state index in [1.807, 2.05) is 0 Å². The summed E-state index contributed by atoms with van der Waals surface area (Å²) in [5.74, 6) is -0.821. The third kappa shape index (κ3) is 3.02. The number of nitrogens with one attached hydrogen (secondary N) is 2. The quantitative estimate of drug-likeness (QED) is 0.711. The molecule has 2 N–H and O–H groups in total. The van der Waals surface area contributed by atoms with E-state index in [2.05, 4.69) is 9.71 Å². The van der Waals surface area contributed by atoms with Crippen molar-refractivity contribution in [3.8, 4) is 0 Å². The molecule has 0 aliphatic carbocycles. The highest BCUT2D eigenvalue weighted by Gasteiger charge is 2.16. The molecule has 3 rings (SSSR count). The zero-order valence-electron chi connectivity index (χ0n) is 12.0. The van der Waals surface area contributed by atoms with E-state index in [-0.39, 0.29) is 21.9 Å². The summed E-state index contributed by atoms with van der Waals surface area (Å²) in [7, 11) is -3.88. The predicted molar refractivity (Wildman–Crippen MR) is 84.1 cm³/mol. The van der Waals surface area contributed by atoms with Crippen LogP contribution in [0, 0.1) is 0 Å². The lowest BCUT2D eigenvalue weighted by Gasteiger charge is -2.08. The fraction of sp³-hybridized carbons (Fsp3) is 0.0667. The van der Waals surface area contributed by atoms with Crippen LogP contribution in [-0.2, 0) is 10.0 Å². The van der Waals surface area contributed by atoms with Crippen LogP contribution in [0.5, 0.6) is 0 Å². The van der Waals surface area contributed by atoms with Crippen molar-refractivity contribution in [3.05, 3.63) is 58.6 Å². The van der Waals surface area contributed by atoms with Crippen molar-refractivity contribution in [1.29, 1.82) is 0 Å². The lowest BCUT2D eigenvalue weighted by molar-refractivity contribution is 0.101.